The standard InChI is InChI=1S/C37H30NO2.C13H12N.Ir/c1-22(2)30-20-25(24-12-6-5-7-13-24)21-31(23(3)4)34(30)28-16-11-18-32-36(28)40-37(38-32)29-17-10-15-27-26-14-8-9-19-33(26)39-35(27)29;1-11-7-3-4-8-12(11)13-9-5-6-10-14(13)2;/h5-16,18-23H,1-4H3;3-10H,1-2H2;/q2*-1;+3/i22D,23D;;. The molecule has 0 amide bonds. The molecule has 0 bridgehead atoms. The third kappa shape index (κ3) is 7.22. The maximum absolute atomic E-state index is 9.19. The number of benzene rings is 6. The molecule has 9 rings (SSSR count). The zero-order chi connectivity index (χ0) is 39.2. The summed E-state index contributed by atoms with van der Waals surface area (Å²) in [5.41, 5.74) is 12.0. The van der Waals surface area contributed by atoms with E-state index < -0.39 is 11.8 Å². The number of para-hydroxylation sites is 2. The number of aromatic nitrogens is 2. The Bertz CT molecular complexity index is 2790. The van der Waals surface area contributed by atoms with Crippen molar-refractivity contribution in [2.45, 2.75) is 39.5 Å². The van der Waals surface area contributed by atoms with Gasteiger partial charge in [0.15, 0.2) is 0 Å². The van der Waals surface area contributed by atoms with Crippen LogP contribution in [0, 0.1) is 20.0 Å². The molecular weight excluding hydrogens is 853 g/mol. The van der Waals surface area contributed by atoms with Gasteiger partial charge in [-0.25, -0.2) is 0 Å². The van der Waals surface area contributed by atoms with Gasteiger partial charge in [-0.2, -0.15) is 18.6 Å². The van der Waals surface area contributed by atoms with E-state index in [1.807, 2.05) is 148 Å². The van der Waals surface area contributed by atoms with Crippen LogP contribution >= 0.6 is 0 Å². The van der Waals surface area contributed by atoms with Gasteiger partial charge in [0.05, 0.1) is 23.0 Å². The SMILES string of the molecule is [2H]C(C)(C)c1cc(-c2ccccc2)cc(C([2H])(C)C)c1-c1cccc2nc(-c3[c-]ccc4c3oc3ccccc34)oc12.[CH2-]c1ccccc1-c1cccc[n+]1[CH2-].[Ir+3]. The molecule has 0 radical (unpaired) electrons. The molecule has 3 aromatic heterocycles. The Morgan fingerprint density at radius 1 is 0.673 bits per heavy atom. The first-order valence-corrected chi connectivity index (χ1v) is 18.1. The largest absolute Gasteiger partial charge is 3.00 e. The third-order valence-corrected chi connectivity index (χ3v) is 9.79. The summed E-state index contributed by atoms with van der Waals surface area (Å²) in [6, 6.07) is 49.4. The molecule has 0 atom stereocenters. The summed E-state index contributed by atoms with van der Waals surface area (Å²) in [4.78, 5) is 4.89. The molecule has 0 saturated carbocycles. The Kier molecular flexibility index (Phi) is 10.0. The minimum Gasteiger partial charge on any atom is -0.500 e. The molecule has 272 valence electrons. The molecule has 0 fully saturated rings. The van der Waals surface area contributed by atoms with Crippen molar-refractivity contribution in [3.63, 3.8) is 0 Å². The maximum Gasteiger partial charge on any atom is 3.00 e. The van der Waals surface area contributed by atoms with E-state index in [-0.39, 0.29) is 20.1 Å². The fourth-order valence-corrected chi connectivity index (χ4v) is 7.11. The summed E-state index contributed by atoms with van der Waals surface area (Å²) in [6.07, 6.45) is 1.93. The van der Waals surface area contributed by atoms with Crippen LogP contribution in [0.4, 0.5) is 0 Å². The molecule has 0 aliphatic heterocycles. The van der Waals surface area contributed by atoms with Gasteiger partial charge in [-0.05, 0) is 57.3 Å². The van der Waals surface area contributed by atoms with Crippen LogP contribution in [0.2, 0.25) is 0 Å². The molecule has 0 aliphatic carbocycles. The van der Waals surface area contributed by atoms with E-state index in [4.69, 9.17) is 13.8 Å². The van der Waals surface area contributed by atoms with Crippen molar-refractivity contribution in [2.75, 3.05) is 0 Å². The van der Waals surface area contributed by atoms with Crippen molar-refractivity contribution in [3.8, 4) is 45.0 Å². The van der Waals surface area contributed by atoms with Gasteiger partial charge in [0.2, 0.25) is 0 Å². The number of oxazole rings is 1. The van der Waals surface area contributed by atoms with E-state index >= 15 is 0 Å². The van der Waals surface area contributed by atoms with E-state index in [1.54, 1.807) is 0 Å². The number of rotatable bonds is 6. The average molecular weight is 897 g/mol. The zero-order valence-corrected chi connectivity index (χ0v) is 33.7. The quantitative estimate of drug-likeness (QED) is 0.123. The number of hydrogen-bond donors (Lipinski definition) is 0. The van der Waals surface area contributed by atoms with E-state index in [1.165, 1.54) is 0 Å². The molecule has 3 heterocycles. The summed E-state index contributed by atoms with van der Waals surface area (Å²) >= 11 is 0. The number of hydrogen-bond acceptors (Lipinski definition) is 3. The van der Waals surface area contributed by atoms with Crippen LogP contribution in [0.1, 0.15) is 58.9 Å². The molecule has 0 aliphatic rings. The Morgan fingerprint density at radius 2 is 1.35 bits per heavy atom. The minimum absolute atomic E-state index is 0. The Hall–Kier alpha value is -5.87. The van der Waals surface area contributed by atoms with Gasteiger partial charge in [0.25, 0.3) is 0 Å². The van der Waals surface area contributed by atoms with Crippen molar-refractivity contribution in [2.24, 2.45) is 0 Å². The normalized spacial score (nSPS) is 12.1. The van der Waals surface area contributed by atoms with Crippen molar-refractivity contribution in [1.29, 1.82) is 0 Å². The number of furan rings is 1. The average Bonchev–Trinajstić information content (AvgIpc) is 3.80. The second-order valence-electron chi connectivity index (χ2n) is 13.9. The van der Waals surface area contributed by atoms with Gasteiger partial charge in [-0.15, -0.1) is 35.9 Å². The van der Waals surface area contributed by atoms with Crippen molar-refractivity contribution in [1.82, 2.24) is 4.98 Å². The van der Waals surface area contributed by atoms with E-state index in [0.717, 1.165) is 66.6 Å². The molecule has 55 heavy (non-hydrogen) atoms. The Labute approximate surface area is 339 Å². The van der Waals surface area contributed by atoms with Gasteiger partial charge < -0.3 is 13.4 Å². The van der Waals surface area contributed by atoms with Crippen LogP contribution in [0.3, 0.4) is 0 Å². The predicted molar refractivity (Wildman–Crippen MR) is 222 cm³/mol. The summed E-state index contributed by atoms with van der Waals surface area (Å²) in [7, 11) is 3.93. The summed E-state index contributed by atoms with van der Waals surface area (Å²) in [5.74, 6) is -1.47. The number of nitrogens with zero attached hydrogens (tertiary/aromatic N) is 2. The van der Waals surface area contributed by atoms with Gasteiger partial charge in [0, 0.05) is 20.7 Å². The van der Waals surface area contributed by atoms with Crippen LogP contribution < -0.4 is 4.57 Å². The molecule has 0 saturated heterocycles. The van der Waals surface area contributed by atoms with Gasteiger partial charge in [-0.3, -0.25) is 4.98 Å². The smallest absolute Gasteiger partial charge is 0.500 e. The predicted octanol–water partition coefficient (Wildman–Crippen LogP) is 13.2. The first kappa shape index (κ1) is 34.9. The molecule has 4 nitrogen and oxygen atoms in total. The van der Waals surface area contributed by atoms with Crippen LogP contribution in [0.15, 0.2) is 155 Å². The first-order chi connectivity index (χ1) is 26.9. The minimum atomic E-state index is -0.946. The van der Waals surface area contributed by atoms with Gasteiger partial charge in [0.1, 0.15) is 17.1 Å². The topological polar surface area (TPSA) is 43.1 Å². The second kappa shape index (κ2) is 15.8. The van der Waals surface area contributed by atoms with E-state index in [2.05, 4.69) is 50.4 Å². The fraction of sp³-hybridized carbons (Fsp3) is 0.120. The van der Waals surface area contributed by atoms with E-state index in [0.29, 0.717) is 28.1 Å². The molecule has 0 N–H and O–H groups in total. The number of fused-ring (bicyclic) bond motifs is 4. The first-order valence-electron chi connectivity index (χ1n) is 19.1. The van der Waals surface area contributed by atoms with Crippen molar-refractivity contribution < 1.29 is 36.2 Å². The Morgan fingerprint density at radius 3 is 2.07 bits per heavy atom. The van der Waals surface area contributed by atoms with Crippen molar-refractivity contribution in [3.05, 3.63) is 182 Å². The molecule has 5 heteroatoms. The Balaban J connectivity index is 0.000000279. The van der Waals surface area contributed by atoms with Crippen molar-refractivity contribution >= 4 is 33.0 Å². The summed E-state index contributed by atoms with van der Waals surface area (Å²) in [5, 5.41) is 2.01. The summed E-state index contributed by atoms with van der Waals surface area (Å²) in [6.45, 7) is 11.6. The van der Waals surface area contributed by atoms with Crippen LogP contribution in [0.25, 0.3) is 78.0 Å². The van der Waals surface area contributed by atoms with Crippen LogP contribution in [0.5, 0.6) is 0 Å². The molecule has 6 aromatic carbocycles. The molecule has 9 aromatic rings. The summed E-state index contributed by atoms with van der Waals surface area (Å²) < 4.78 is 33.1. The van der Waals surface area contributed by atoms with Crippen LogP contribution in [-0.2, 0) is 20.1 Å². The van der Waals surface area contributed by atoms with Crippen LogP contribution in [-0.4, -0.2) is 4.98 Å². The van der Waals surface area contributed by atoms with Gasteiger partial charge >= 0.3 is 20.1 Å². The third-order valence-electron chi connectivity index (χ3n) is 9.79. The molecule has 0 unspecified atom stereocenters. The molecule has 0 spiro atoms. The van der Waals surface area contributed by atoms with E-state index in [9.17, 15) is 2.74 Å². The van der Waals surface area contributed by atoms with Gasteiger partial charge in [-0.1, -0.05) is 130 Å². The molecular formula is C50H42IrN2O2+. The fourth-order valence-electron chi connectivity index (χ4n) is 7.11. The second-order valence-corrected chi connectivity index (χ2v) is 13.9. The maximum atomic E-state index is 9.19. The monoisotopic (exact) mass is 897 g/mol. The number of pyridine rings is 1. The zero-order valence-electron chi connectivity index (χ0n) is 33.3.